The summed E-state index contributed by atoms with van der Waals surface area (Å²) in [4.78, 5) is 25.2. The summed E-state index contributed by atoms with van der Waals surface area (Å²) in [5.74, 6) is -1.09. The van der Waals surface area contributed by atoms with Gasteiger partial charge < -0.3 is 20.1 Å². The van der Waals surface area contributed by atoms with Crippen LogP contribution in [0, 0.1) is 0 Å². The average molecular weight is 294 g/mol. The number of ether oxygens (including phenoxy) is 1. The number of methoxy groups -OCH3 is 1. The SMILES string of the molecule is COCCN(C(=O)N[C@@H](C(=O)O)c1ccccc1)C(C)C. The molecule has 0 bridgehead atoms. The zero-order valence-electron chi connectivity index (χ0n) is 12.6. The standard InChI is InChI=1S/C15H22N2O4/c1-11(2)17(9-10-21-3)15(20)16-13(14(18)19)12-7-5-4-6-8-12/h4-8,11,13H,9-10H2,1-3H3,(H,16,20)(H,18,19)/t13-/m1/s1. The fourth-order valence-electron chi connectivity index (χ4n) is 1.92. The van der Waals surface area contributed by atoms with E-state index in [0.717, 1.165) is 0 Å². The summed E-state index contributed by atoms with van der Waals surface area (Å²) in [5, 5.41) is 11.9. The molecule has 0 radical (unpaired) electrons. The van der Waals surface area contributed by atoms with Crippen molar-refractivity contribution in [2.24, 2.45) is 0 Å². The van der Waals surface area contributed by atoms with Crippen LogP contribution in [0.25, 0.3) is 0 Å². The van der Waals surface area contributed by atoms with Crippen molar-refractivity contribution in [1.29, 1.82) is 0 Å². The van der Waals surface area contributed by atoms with Gasteiger partial charge in [0, 0.05) is 19.7 Å². The molecule has 0 unspecified atom stereocenters. The van der Waals surface area contributed by atoms with E-state index in [9.17, 15) is 14.7 Å². The third-order valence-electron chi connectivity index (χ3n) is 3.07. The lowest BCUT2D eigenvalue weighted by Gasteiger charge is -2.28. The third kappa shape index (κ3) is 5.07. The number of nitrogens with one attached hydrogen (secondary N) is 1. The zero-order chi connectivity index (χ0) is 15.8. The molecule has 1 rings (SSSR count). The molecule has 0 aromatic heterocycles. The Hall–Kier alpha value is -2.08. The van der Waals surface area contributed by atoms with E-state index in [2.05, 4.69) is 5.32 Å². The van der Waals surface area contributed by atoms with Gasteiger partial charge in [-0.25, -0.2) is 9.59 Å². The number of nitrogens with zero attached hydrogens (tertiary/aromatic N) is 1. The Morgan fingerprint density at radius 3 is 2.38 bits per heavy atom. The molecule has 21 heavy (non-hydrogen) atoms. The second-order valence-corrected chi connectivity index (χ2v) is 4.91. The first-order chi connectivity index (χ1) is 9.97. The lowest BCUT2D eigenvalue weighted by atomic mass is 10.1. The smallest absolute Gasteiger partial charge is 0.330 e. The van der Waals surface area contributed by atoms with E-state index in [1.807, 2.05) is 13.8 Å². The van der Waals surface area contributed by atoms with E-state index >= 15 is 0 Å². The van der Waals surface area contributed by atoms with Gasteiger partial charge in [0.15, 0.2) is 6.04 Å². The molecule has 0 spiro atoms. The van der Waals surface area contributed by atoms with Crippen molar-refractivity contribution in [1.82, 2.24) is 10.2 Å². The molecule has 0 aliphatic heterocycles. The molecule has 0 aliphatic carbocycles. The van der Waals surface area contributed by atoms with Crippen molar-refractivity contribution in [3.8, 4) is 0 Å². The minimum absolute atomic E-state index is 0.0506. The van der Waals surface area contributed by atoms with Crippen LogP contribution in [0.15, 0.2) is 30.3 Å². The molecule has 1 aromatic carbocycles. The highest BCUT2D eigenvalue weighted by Gasteiger charge is 2.25. The molecule has 1 atom stereocenters. The van der Waals surface area contributed by atoms with E-state index in [1.54, 1.807) is 42.3 Å². The Kier molecular flexibility index (Phi) is 6.68. The summed E-state index contributed by atoms with van der Waals surface area (Å²) in [6.45, 7) is 4.54. The molecule has 0 heterocycles. The number of carbonyl (C=O) groups is 2. The highest BCUT2D eigenvalue weighted by atomic mass is 16.5. The Labute approximate surface area is 124 Å². The molecule has 2 N–H and O–H groups in total. The van der Waals surface area contributed by atoms with Crippen molar-refractivity contribution in [2.45, 2.75) is 25.9 Å². The highest BCUT2D eigenvalue weighted by Crippen LogP contribution is 2.13. The second-order valence-electron chi connectivity index (χ2n) is 4.91. The molecule has 0 fully saturated rings. The van der Waals surface area contributed by atoms with Crippen molar-refractivity contribution in [2.75, 3.05) is 20.3 Å². The van der Waals surface area contributed by atoms with Crippen LogP contribution < -0.4 is 5.32 Å². The van der Waals surface area contributed by atoms with Crippen LogP contribution >= 0.6 is 0 Å². The lowest BCUT2D eigenvalue weighted by Crippen LogP contribution is -2.48. The van der Waals surface area contributed by atoms with E-state index < -0.39 is 18.0 Å². The van der Waals surface area contributed by atoms with Crippen LogP contribution in [0.4, 0.5) is 4.79 Å². The largest absolute Gasteiger partial charge is 0.479 e. The lowest BCUT2D eigenvalue weighted by molar-refractivity contribution is -0.139. The molecule has 2 amide bonds. The Balaban J connectivity index is 2.83. The first-order valence-electron chi connectivity index (χ1n) is 6.81. The number of amides is 2. The van der Waals surface area contributed by atoms with E-state index in [1.165, 1.54) is 0 Å². The maximum atomic E-state index is 12.3. The van der Waals surface area contributed by atoms with Crippen LogP contribution in [-0.2, 0) is 9.53 Å². The quantitative estimate of drug-likeness (QED) is 0.804. The number of urea groups is 1. The summed E-state index contributed by atoms with van der Waals surface area (Å²) >= 11 is 0. The van der Waals surface area contributed by atoms with Gasteiger partial charge in [0.2, 0.25) is 0 Å². The van der Waals surface area contributed by atoms with Gasteiger partial charge in [-0.3, -0.25) is 0 Å². The normalized spacial score (nSPS) is 12.0. The number of carbonyl (C=O) groups excluding carboxylic acids is 1. The summed E-state index contributed by atoms with van der Waals surface area (Å²) in [6.07, 6.45) is 0. The van der Waals surface area contributed by atoms with E-state index in [4.69, 9.17) is 4.74 Å². The fourth-order valence-corrected chi connectivity index (χ4v) is 1.92. The summed E-state index contributed by atoms with van der Waals surface area (Å²) in [6, 6.07) is 7.09. The van der Waals surface area contributed by atoms with Crippen molar-refractivity contribution in [3.05, 3.63) is 35.9 Å². The van der Waals surface area contributed by atoms with Crippen LogP contribution in [0.1, 0.15) is 25.5 Å². The monoisotopic (exact) mass is 294 g/mol. The molecular formula is C15H22N2O4. The summed E-state index contributed by atoms with van der Waals surface area (Å²) < 4.78 is 4.97. The third-order valence-corrected chi connectivity index (χ3v) is 3.07. The molecule has 6 heteroatoms. The molecule has 0 saturated heterocycles. The molecular weight excluding hydrogens is 272 g/mol. The predicted octanol–water partition coefficient (Wildman–Crippen LogP) is 1.88. The van der Waals surface area contributed by atoms with Crippen LogP contribution in [0.3, 0.4) is 0 Å². The number of rotatable bonds is 7. The van der Waals surface area contributed by atoms with Gasteiger partial charge in [0.05, 0.1) is 6.61 Å². The van der Waals surface area contributed by atoms with Crippen LogP contribution in [0.5, 0.6) is 0 Å². The second kappa shape index (κ2) is 8.26. The van der Waals surface area contributed by atoms with E-state index in [-0.39, 0.29) is 6.04 Å². The molecule has 1 aromatic rings. The maximum Gasteiger partial charge on any atom is 0.330 e. The number of benzene rings is 1. The number of hydrogen-bond acceptors (Lipinski definition) is 3. The van der Waals surface area contributed by atoms with E-state index in [0.29, 0.717) is 18.7 Å². The highest BCUT2D eigenvalue weighted by molar-refractivity contribution is 5.83. The Morgan fingerprint density at radius 1 is 1.29 bits per heavy atom. The van der Waals surface area contributed by atoms with Crippen LogP contribution in [-0.4, -0.2) is 48.3 Å². The van der Waals surface area contributed by atoms with Gasteiger partial charge in [0.1, 0.15) is 0 Å². The number of aliphatic carboxylic acids is 1. The Morgan fingerprint density at radius 2 is 1.90 bits per heavy atom. The van der Waals surface area contributed by atoms with Gasteiger partial charge in [-0.2, -0.15) is 0 Å². The van der Waals surface area contributed by atoms with Gasteiger partial charge in [-0.05, 0) is 19.4 Å². The zero-order valence-corrected chi connectivity index (χ0v) is 12.6. The molecule has 116 valence electrons. The number of carboxylic acid groups (broad SMARTS) is 1. The van der Waals surface area contributed by atoms with Crippen molar-refractivity contribution >= 4 is 12.0 Å². The Bertz CT molecular complexity index is 462. The minimum Gasteiger partial charge on any atom is -0.479 e. The summed E-state index contributed by atoms with van der Waals surface area (Å²) in [7, 11) is 1.56. The van der Waals surface area contributed by atoms with Crippen molar-refractivity contribution < 1.29 is 19.4 Å². The van der Waals surface area contributed by atoms with Gasteiger partial charge in [0.25, 0.3) is 0 Å². The number of carboxylic acids is 1. The minimum atomic E-state index is -1.09. The number of hydrogen-bond donors (Lipinski definition) is 2. The van der Waals surface area contributed by atoms with Gasteiger partial charge >= 0.3 is 12.0 Å². The maximum absolute atomic E-state index is 12.3. The first kappa shape index (κ1) is 17.0. The van der Waals surface area contributed by atoms with Crippen LogP contribution in [0.2, 0.25) is 0 Å². The fraction of sp³-hybridized carbons (Fsp3) is 0.467. The van der Waals surface area contributed by atoms with Gasteiger partial charge in [-0.15, -0.1) is 0 Å². The first-order valence-corrected chi connectivity index (χ1v) is 6.81. The van der Waals surface area contributed by atoms with Crippen molar-refractivity contribution in [3.63, 3.8) is 0 Å². The predicted molar refractivity (Wildman–Crippen MR) is 79.1 cm³/mol. The van der Waals surface area contributed by atoms with Gasteiger partial charge in [-0.1, -0.05) is 30.3 Å². The average Bonchev–Trinajstić information content (AvgIpc) is 2.45. The molecule has 0 saturated carbocycles. The topological polar surface area (TPSA) is 78.9 Å². The molecule has 6 nitrogen and oxygen atoms in total. The summed E-state index contributed by atoms with van der Waals surface area (Å²) in [5.41, 5.74) is 0.536. The molecule has 0 aliphatic rings.